The van der Waals surface area contributed by atoms with Crippen molar-refractivity contribution in [1.82, 2.24) is 10.6 Å². The van der Waals surface area contributed by atoms with Crippen LogP contribution in [0.2, 0.25) is 5.02 Å². The number of halogens is 1. The Morgan fingerprint density at radius 2 is 1.94 bits per heavy atom. The molecule has 3 aliphatic rings. The number of hydrogen-bond donors (Lipinski definition) is 4. The molecule has 2 saturated heterocycles. The highest BCUT2D eigenvalue weighted by Gasteiger charge is 2.64. The van der Waals surface area contributed by atoms with Crippen LogP contribution in [0.4, 0.5) is 10.5 Å². The van der Waals surface area contributed by atoms with E-state index in [-0.39, 0.29) is 35.8 Å². The first kappa shape index (κ1) is 39.7. The summed E-state index contributed by atoms with van der Waals surface area (Å²) in [6.45, 7) is 14.6. The van der Waals surface area contributed by atoms with Crippen LogP contribution in [-0.4, -0.2) is 76.5 Å². The fraction of sp³-hybridized carbons (Fsp3) is 0.622. The Morgan fingerprint density at radius 1 is 1.26 bits per heavy atom. The lowest BCUT2D eigenvalue weighted by Gasteiger charge is -2.41. The van der Waals surface area contributed by atoms with E-state index in [9.17, 15) is 24.3 Å². The summed E-state index contributed by atoms with van der Waals surface area (Å²) in [6, 6.07) is 2.84. The minimum atomic E-state index is -1.59. The second-order valence-electron chi connectivity index (χ2n) is 15.1. The first-order valence-corrected chi connectivity index (χ1v) is 18.0. The Morgan fingerprint density at radius 3 is 2.60 bits per heavy atom. The van der Waals surface area contributed by atoms with Crippen molar-refractivity contribution in [1.29, 1.82) is 0 Å². The summed E-state index contributed by atoms with van der Waals surface area (Å²) >= 11 is 11.2. The average molecular weight is 734 g/mol. The number of nitrogens with one attached hydrogen (secondary N) is 2. The van der Waals surface area contributed by atoms with Crippen LogP contribution in [0.3, 0.4) is 0 Å². The van der Waals surface area contributed by atoms with Gasteiger partial charge in [0.25, 0.3) is 0 Å². The number of ether oxygens (including phenoxy) is 3. The molecule has 11 nitrogen and oxygen atoms in total. The van der Waals surface area contributed by atoms with Gasteiger partial charge < -0.3 is 29.5 Å². The van der Waals surface area contributed by atoms with Gasteiger partial charge in [0.2, 0.25) is 11.8 Å². The van der Waals surface area contributed by atoms with Gasteiger partial charge in [0.15, 0.2) is 0 Å². The van der Waals surface area contributed by atoms with E-state index in [0.29, 0.717) is 23.6 Å². The summed E-state index contributed by atoms with van der Waals surface area (Å²) < 4.78 is 17.5. The molecule has 3 heterocycles. The Kier molecular flexibility index (Phi) is 12.1. The molecule has 0 aromatic heterocycles. The summed E-state index contributed by atoms with van der Waals surface area (Å²) in [6.07, 6.45) is 3.51. The summed E-state index contributed by atoms with van der Waals surface area (Å²) in [5.74, 6) is -2.36. The second-order valence-corrected chi connectivity index (χ2v) is 16.7. The Balaban J connectivity index is 1.69. The molecule has 1 unspecified atom stereocenters. The minimum absolute atomic E-state index is 0.0753. The van der Waals surface area contributed by atoms with Crippen LogP contribution in [0.1, 0.15) is 85.3 Å². The van der Waals surface area contributed by atoms with Crippen molar-refractivity contribution in [2.45, 2.75) is 128 Å². The van der Waals surface area contributed by atoms with Gasteiger partial charge in [-0.2, -0.15) is 12.6 Å². The fourth-order valence-electron chi connectivity index (χ4n) is 6.58. The number of thiol groups is 1. The molecular formula is C37H52ClN3O8S. The maximum Gasteiger partial charge on any atom is 0.409 e. The van der Waals surface area contributed by atoms with E-state index in [1.807, 2.05) is 71.9 Å². The van der Waals surface area contributed by atoms with Crippen molar-refractivity contribution in [2.75, 3.05) is 11.9 Å². The molecule has 1 aromatic carbocycles. The van der Waals surface area contributed by atoms with Crippen molar-refractivity contribution >= 4 is 53.8 Å². The lowest BCUT2D eigenvalue weighted by molar-refractivity contribution is -0.157. The molecule has 50 heavy (non-hydrogen) atoms. The number of anilines is 1. The molecule has 4 bridgehead atoms. The molecule has 13 heteroatoms. The van der Waals surface area contributed by atoms with E-state index in [2.05, 4.69) is 23.3 Å². The molecule has 2 fully saturated rings. The molecule has 0 saturated carbocycles. The molecule has 0 spiro atoms. The fourth-order valence-corrected chi connectivity index (χ4v) is 6.93. The third-order valence-corrected chi connectivity index (χ3v) is 10.8. The van der Waals surface area contributed by atoms with E-state index in [1.165, 1.54) is 11.8 Å². The van der Waals surface area contributed by atoms with Crippen LogP contribution in [0.25, 0.3) is 0 Å². The predicted octanol–water partition coefficient (Wildman–Crippen LogP) is 5.58. The van der Waals surface area contributed by atoms with Gasteiger partial charge in [0, 0.05) is 36.5 Å². The van der Waals surface area contributed by atoms with Gasteiger partial charge in [-0.1, -0.05) is 69.2 Å². The summed E-state index contributed by atoms with van der Waals surface area (Å²) in [4.78, 5) is 54.3. The molecule has 3 aliphatic heterocycles. The van der Waals surface area contributed by atoms with E-state index in [0.717, 1.165) is 16.7 Å². The van der Waals surface area contributed by atoms with Crippen molar-refractivity contribution < 1.29 is 38.5 Å². The van der Waals surface area contributed by atoms with Crippen LogP contribution in [0, 0.1) is 18.8 Å². The van der Waals surface area contributed by atoms with Crippen LogP contribution in [0.15, 0.2) is 35.9 Å². The number of amides is 3. The van der Waals surface area contributed by atoms with Gasteiger partial charge in [-0.3, -0.25) is 14.9 Å². The summed E-state index contributed by atoms with van der Waals surface area (Å²) in [7, 11) is 1.62. The molecule has 8 atom stereocenters. The molecule has 4 rings (SSSR count). The zero-order valence-electron chi connectivity index (χ0n) is 30.5. The summed E-state index contributed by atoms with van der Waals surface area (Å²) in [5.41, 5.74) is 0.525. The third kappa shape index (κ3) is 9.43. The average Bonchev–Trinajstić information content (AvgIpc) is 3.71. The molecule has 0 aliphatic carbocycles. The SMILES string of the molecule is C/C1=C\C=C\[C@@H](C)[C@@]2(O)CC(OC(=O)N2)[C@@H](C)[C@@H]2O[C@@]2(C)[C@@H](OC(=O)[C@H](C)NC(=O)CCC(C)(C)S)CC(=O)N(C)c2cc(cc(C)c2Cl)C1. The number of alkyl carbamates (subject to hydrolysis) is 1. The van der Waals surface area contributed by atoms with Crippen molar-refractivity contribution in [3.63, 3.8) is 0 Å². The monoisotopic (exact) mass is 733 g/mol. The molecule has 0 radical (unpaired) electrons. The zero-order valence-corrected chi connectivity index (χ0v) is 32.1. The maximum absolute atomic E-state index is 14.0. The van der Waals surface area contributed by atoms with E-state index < -0.39 is 59.6 Å². The van der Waals surface area contributed by atoms with Crippen molar-refractivity contribution in [3.05, 3.63) is 52.1 Å². The van der Waals surface area contributed by atoms with Crippen molar-refractivity contribution in [2.24, 2.45) is 11.8 Å². The molecular weight excluding hydrogens is 682 g/mol. The van der Waals surface area contributed by atoms with Crippen molar-refractivity contribution in [3.8, 4) is 0 Å². The van der Waals surface area contributed by atoms with Gasteiger partial charge in [-0.25, -0.2) is 9.59 Å². The Hall–Kier alpha value is -3.06. The van der Waals surface area contributed by atoms with Crippen LogP contribution >= 0.6 is 24.2 Å². The lowest BCUT2D eigenvalue weighted by atomic mass is 9.82. The number of rotatable bonds is 6. The quantitative estimate of drug-likeness (QED) is 0.168. The topological polar surface area (TPSA) is 147 Å². The number of carbonyl (C=O) groups excluding carboxylic acids is 4. The van der Waals surface area contributed by atoms with E-state index in [1.54, 1.807) is 14.0 Å². The number of fused-ring (bicyclic) bond motifs is 5. The molecule has 1 aromatic rings. The van der Waals surface area contributed by atoms with Gasteiger partial charge in [-0.05, 0) is 57.7 Å². The standard InChI is InChI=1S/C37H52ClN3O8S/c1-20-11-10-12-22(3)37(46)19-27(47-34(45)40-37)23(4)32-36(8,49-32)28(48-33(44)24(5)39-29(42)13-14-35(6,7)50)18-30(43)41(9)26-17-25(15-20)16-21(2)31(26)38/h10-12,16-17,22-24,27-28,32,46,50H,13-15,18-19H2,1-9H3,(H,39,42)(H,40,45)/b12-10+,20-11+/t22-,23-,24+,27?,28+,32+,36+,37+/m1/s1. The number of aryl methyl sites for hydroxylation is 1. The zero-order chi connectivity index (χ0) is 37.3. The summed E-state index contributed by atoms with van der Waals surface area (Å²) in [5, 5.41) is 17.3. The number of esters is 1. The van der Waals surface area contributed by atoms with Crippen LogP contribution in [-0.2, 0) is 35.0 Å². The van der Waals surface area contributed by atoms with Gasteiger partial charge >= 0.3 is 12.1 Å². The van der Waals surface area contributed by atoms with Crippen LogP contribution in [0.5, 0.6) is 0 Å². The predicted molar refractivity (Wildman–Crippen MR) is 195 cm³/mol. The van der Waals surface area contributed by atoms with E-state index in [4.69, 9.17) is 25.8 Å². The highest BCUT2D eigenvalue weighted by molar-refractivity contribution is 7.81. The highest BCUT2D eigenvalue weighted by Crippen LogP contribution is 2.49. The maximum atomic E-state index is 14.0. The van der Waals surface area contributed by atoms with Gasteiger partial charge in [0.1, 0.15) is 29.6 Å². The highest BCUT2D eigenvalue weighted by atomic mass is 35.5. The number of carbonyl (C=O) groups is 4. The number of hydrogen-bond acceptors (Lipinski definition) is 9. The third-order valence-electron chi connectivity index (χ3n) is 10.0. The van der Waals surface area contributed by atoms with Gasteiger partial charge in [-0.15, -0.1) is 0 Å². The lowest BCUT2D eigenvalue weighted by Crippen LogP contribution is -2.60. The second kappa shape index (κ2) is 15.3. The largest absolute Gasteiger partial charge is 0.457 e. The Labute approximate surface area is 305 Å². The molecule has 3 N–H and O–H groups in total. The first-order chi connectivity index (χ1) is 23.1. The number of allylic oxidation sites excluding steroid dienone is 3. The number of epoxide rings is 1. The molecule has 276 valence electrons. The number of aliphatic hydroxyl groups is 1. The van der Waals surface area contributed by atoms with Crippen LogP contribution < -0.4 is 15.5 Å². The smallest absolute Gasteiger partial charge is 0.409 e. The number of nitrogens with zero attached hydrogens (tertiary/aromatic N) is 1. The Bertz CT molecular complexity index is 1560. The molecule has 3 amide bonds. The van der Waals surface area contributed by atoms with E-state index >= 15 is 0 Å². The minimum Gasteiger partial charge on any atom is -0.457 e. The first-order valence-electron chi connectivity index (χ1n) is 17.1. The van der Waals surface area contributed by atoms with Gasteiger partial charge in [0.05, 0.1) is 23.2 Å². The number of benzene rings is 1. The normalized spacial score (nSPS) is 32.8.